The van der Waals surface area contributed by atoms with Crippen LogP contribution < -0.4 is 5.56 Å². The molecular weight excluding hydrogens is 405 g/mol. The number of para-hydroxylation sites is 1. The van der Waals surface area contributed by atoms with Crippen LogP contribution in [0.1, 0.15) is 22.6 Å². The summed E-state index contributed by atoms with van der Waals surface area (Å²) < 4.78 is 38.9. The first kappa shape index (κ1) is 19.6. The molecule has 0 amide bonds. The Kier molecular flexibility index (Phi) is 4.66. The third-order valence-electron chi connectivity index (χ3n) is 5.67. The normalized spacial score (nSPS) is 14.7. The highest BCUT2D eigenvalue weighted by Gasteiger charge is 2.36. The van der Waals surface area contributed by atoms with Crippen molar-refractivity contribution in [3.05, 3.63) is 87.6 Å². The molecule has 0 spiro atoms. The second-order valence-electron chi connectivity index (χ2n) is 7.69. The third-order valence-corrected chi connectivity index (χ3v) is 5.67. The van der Waals surface area contributed by atoms with Crippen molar-refractivity contribution in [1.29, 1.82) is 0 Å². The van der Waals surface area contributed by atoms with Crippen LogP contribution in [-0.2, 0) is 25.7 Å². The highest BCUT2D eigenvalue weighted by atomic mass is 19.4. The standard InChI is InChI=1S/C23H19F3N4O/c24-23(25,26)22-28-19-10-11-30(13-17(19)21(31)29-22)12-16-15-8-4-5-9-18(15)27-20(16)14-6-2-1-3-7-14/h1-9,27H,10-13H2,(H,28,29,31). The van der Waals surface area contributed by atoms with Gasteiger partial charge in [0.15, 0.2) is 0 Å². The molecule has 0 fully saturated rings. The number of aromatic nitrogens is 3. The van der Waals surface area contributed by atoms with Gasteiger partial charge in [-0.1, -0.05) is 48.5 Å². The fraction of sp³-hybridized carbons (Fsp3) is 0.217. The van der Waals surface area contributed by atoms with Crippen molar-refractivity contribution in [2.45, 2.75) is 25.7 Å². The monoisotopic (exact) mass is 424 g/mol. The van der Waals surface area contributed by atoms with E-state index in [0.717, 1.165) is 27.7 Å². The molecule has 1 aliphatic heterocycles. The van der Waals surface area contributed by atoms with Gasteiger partial charge in [0.1, 0.15) is 0 Å². The molecule has 0 aliphatic carbocycles. The number of halogens is 3. The number of nitrogens with zero attached hydrogens (tertiary/aromatic N) is 2. The summed E-state index contributed by atoms with van der Waals surface area (Å²) in [6.45, 7) is 1.34. The lowest BCUT2D eigenvalue weighted by Crippen LogP contribution is -2.36. The quantitative estimate of drug-likeness (QED) is 0.509. The average Bonchev–Trinajstić information content (AvgIpc) is 3.12. The third kappa shape index (κ3) is 3.63. The van der Waals surface area contributed by atoms with Gasteiger partial charge in [-0.05, 0) is 17.2 Å². The Hall–Kier alpha value is -3.39. The summed E-state index contributed by atoms with van der Waals surface area (Å²) in [7, 11) is 0. The molecule has 4 aromatic rings. The molecule has 1 aliphatic rings. The molecule has 0 unspecified atom stereocenters. The van der Waals surface area contributed by atoms with Crippen LogP contribution in [0.4, 0.5) is 13.2 Å². The Bertz CT molecular complexity index is 1310. The maximum atomic E-state index is 13.0. The Morgan fingerprint density at radius 1 is 1.00 bits per heavy atom. The number of hydrogen-bond acceptors (Lipinski definition) is 3. The first-order chi connectivity index (χ1) is 14.9. The molecule has 2 aromatic heterocycles. The summed E-state index contributed by atoms with van der Waals surface area (Å²) in [6, 6.07) is 18.0. The van der Waals surface area contributed by atoms with Gasteiger partial charge in [-0.3, -0.25) is 9.69 Å². The van der Waals surface area contributed by atoms with E-state index in [1.165, 1.54) is 0 Å². The van der Waals surface area contributed by atoms with E-state index in [1.54, 1.807) is 0 Å². The fourth-order valence-electron chi connectivity index (χ4n) is 4.19. The largest absolute Gasteiger partial charge is 0.449 e. The fourth-order valence-corrected chi connectivity index (χ4v) is 4.19. The van der Waals surface area contributed by atoms with Crippen LogP contribution >= 0.6 is 0 Å². The SMILES string of the molecule is O=c1[nH]c(C(F)(F)F)nc2c1CN(Cc1c(-c3ccccc3)[nH]c3ccccc13)CC2. The van der Waals surface area contributed by atoms with Gasteiger partial charge >= 0.3 is 6.18 Å². The minimum atomic E-state index is -4.67. The van der Waals surface area contributed by atoms with Gasteiger partial charge in [-0.15, -0.1) is 0 Å². The van der Waals surface area contributed by atoms with Gasteiger partial charge in [-0.2, -0.15) is 13.2 Å². The van der Waals surface area contributed by atoms with Gasteiger partial charge in [-0.25, -0.2) is 4.98 Å². The molecule has 2 N–H and O–H groups in total. The van der Waals surface area contributed by atoms with Gasteiger partial charge in [0.25, 0.3) is 5.56 Å². The number of hydrogen-bond donors (Lipinski definition) is 2. The molecule has 8 heteroatoms. The predicted octanol–water partition coefficient (Wildman–Crippen LogP) is 4.50. The molecule has 31 heavy (non-hydrogen) atoms. The molecule has 158 valence electrons. The van der Waals surface area contributed by atoms with Crippen molar-refractivity contribution in [2.75, 3.05) is 6.54 Å². The van der Waals surface area contributed by atoms with Crippen molar-refractivity contribution in [3.8, 4) is 11.3 Å². The number of rotatable bonds is 3. The van der Waals surface area contributed by atoms with E-state index in [9.17, 15) is 18.0 Å². The van der Waals surface area contributed by atoms with E-state index in [1.807, 2.05) is 53.5 Å². The average molecular weight is 424 g/mol. The van der Waals surface area contributed by atoms with Crippen molar-refractivity contribution < 1.29 is 13.2 Å². The van der Waals surface area contributed by atoms with Crippen molar-refractivity contribution in [1.82, 2.24) is 19.9 Å². The van der Waals surface area contributed by atoms with Gasteiger partial charge in [0, 0.05) is 37.0 Å². The summed E-state index contributed by atoms with van der Waals surface area (Å²) in [5.74, 6) is -1.23. The summed E-state index contributed by atoms with van der Waals surface area (Å²) in [6.07, 6.45) is -4.37. The van der Waals surface area contributed by atoms with E-state index in [0.29, 0.717) is 25.1 Å². The van der Waals surface area contributed by atoms with Crippen LogP contribution in [-0.4, -0.2) is 26.4 Å². The molecule has 0 saturated heterocycles. The van der Waals surface area contributed by atoms with Gasteiger partial charge in [0.2, 0.25) is 5.82 Å². The Morgan fingerprint density at radius 3 is 2.52 bits per heavy atom. The number of H-pyrrole nitrogens is 2. The predicted molar refractivity (Wildman–Crippen MR) is 111 cm³/mol. The van der Waals surface area contributed by atoms with E-state index in [2.05, 4.69) is 20.9 Å². The molecule has 0 atom stereocenters. The summed E-state index contributed by atoms with van der Waals surface area (Å²) in [4.78, 5) is 23.5. The maximum absolute atomic E-state index is 13.0. The van der Waals surface area contributed by atoms with E-state index in [-0.39, 0.29) is 12.2 Å². The van der Waals surface area contributed by atoms with Crippen LogP contribution in [0, 0.1) is 0 Å². The number of fused-ring (bicyclic) bond motifs is 2. The number of alkyl halides is 3. The number of nitrogens with one attached hydrogen (secondary N) is 2. The zero-order valence-electron chi connectivity index (χ0n) is 16.5. The van der Waals surface area contributed by atoms with Crippen molar-refractivity contribution in [3.63, 3.8) is 0 Å². The molecular formula is C23H19F3N4O. The maximum Gasteiger partial charge on any atom is 0.449 e. The molecule has 0 saturated carbocycles. The molecule has 5 rings (SSSR count). The van der Waals surface area contributed by atoms with Gasteiger partial charge < -0.3 is 9.97 Å². The zero-order chi connectivity index (χ0) is 21.6. The molecule has 0 radical (unpaired) electrons. The van der Waals surface area contributed by atoms with E-state index >= 15 is 0 Å². The van der Waals surface area contributed by atoms with E-state index in [4.69, 9.17) is 0 Å². The molecule has 3 heterocycles. The van der Waals surface area contributed by atoms with Crippen LogP contribution in [0.15, 0.2) is 59.4 Å². The second kappa shape index (κ2) is 7.39. The molecule has 5 nitrogen and oxygen atoms in total. The van der Waals surface area contributed by atoms with Crippen LogP contribution in [0.5, 0.6) is 0 Å². The van der Waals surface area contributed by atoms with Crippen LogP contribution in [0.25, 0.3) is 22.2 Å². The molecule has 0 bridgehead atoms. The zero-order valence-corrected chi connectivity index (χ0v) is 16.5. The number of benzene rings is 2. The minimum Gasteiger partial charge on any atom is -0.354 e. The van der Waals surface area contributed by atoms with Gasteiger partial charge in [0.05, 0.1) is 17.0 Å². The summed E-state index contributed by atoms with van der Waals surface area (Å²) in [5.41, 5.74) is 4.00. The topological polar surface area (TPSA) is 64.8 Å². The lowest BCUT2D eigenvalue weighted by Gasteiger charge is -2.28. The Morgan fingerprint density at radius 2 is 1.74 bits per heavy atom. The second-order valence-corrected chi connectivity index (χ2v) is 7.69. The summed E-state index contributed by atoms with van der Waals surface area (Å²) in [5, 5.41) is 1.09. The summed E-state index contributed by atoms with van der Waals surface area (Å²) >= 11 is 0. The minimum absolute atomic E-state index is 0.231. The van der Waals surface area contributed by atoms with Crippen LogP contribution in [0.3, 0.4) is 0 Å². The highest BCUT2D eigenvalue weighted by molar-refractivity contribution is 5.90. The van der Waals surface area contributed by atoms with Crippen molar-refractivity contribution >= 4 is 10.9 Å². The lowest BCUT2D eigenvalue weighted by atomic mass is 10.0. The Balaban J connectivity index is 1.50. The number of aromatic amines is 2. The van der Waals surface area contributed by atoms with Crippen molar-refractivity contribution in [2.24, 2.45) is 0 Å². The first-order valence-corrected chi connectivity index (χ1v) is 9.97. The first-order valence-electron chi connectivity index (χ1n) is 9.97. The van der Waals surface area contributed by atoms with E-state index < -0.39 is 17.6 Å². The Labute approximate surface area is 175 Å². The molecule has 2 aromatic carbocycles. The van der Waals surface area contributed by atoms with Crippen LogP contribution in [0.2, 0.25) is 0 Å². The smallest absolute Gasteiger partial charge is 0.354 e. The lowest BCUT2D eigenvalue weighted by molar-refractivity contribution is -0.145. The highest BCUT2D eigenvalue weighted by Crippen LogP contribution is 2.32.